The highest BCUT2D eigenvalue weighted by Crippen LogP contribution is 2.24. The first-order valence-corrected chi connectivity index (χ1v) is 7.78. The van der Waals surface area contributed by atoms with Crippen LogP contribution in [-0.2, 0) is 0 Å². The highest BCUT2D eigenvalue weighted by atomic mass is 16.5. The minimum atomic E-state index is 0.275. The Kier molecular flexibility index (Phi) is 7.63. The van der Waals surface area contributed by atoms with E-state index in [1.807, 2.05) is 12.1 Å². The molecule has 0 aliphatic carbocycles. The maximum absolute atomic E-state index is 5.99. The number of hydrogen-bond donors (Lipinski definition) is 1. The van der Waals surface area contributed by atoms with Crippen LogP contribution >= 0.6 is 0 Å². The van der Waals surface area contributed by atoms with Crippen LogP contribution in [0.1, 0.15) is 51.6 Å². The molecule has 0 heterocycles. The van der Waals surface area contributed by atoms with Crippen LogP contribution in [0.5, 0.6) is 5.75 Å². The van der Waals surface area contributed by atoms with Crippen LogP contribution in [0.3, 0.4) is 0 Å². The fourth-order valence-electron chi connectivity index (χ4n) is 2.47. The molecular formula is C17H30N2O. The SMILES string of the molecule is CCCOc1ccc(C(CN)N(C)C(C)CCC)cc1. The summed E-state index contributed by atoms with van der Waals surface area (Å²) in [6.07, 6.45) is 3.43. The maximum atomic E-state index is 5.99. The summed E-state index contributed by atoms with van der Waals surface area (Å²) in [5.74, 6) is 0.940. The standard InChI is InChI=1S/C17H30N2O/c1-5-7-14(3)19(4)17(13-18)15-8-10-16(11-9-15)20-12-6-2/h8-11,14,17H,5-7,12-13,18H2,1-4H3. The number of likely N-dealkylation sites (N-methyl/N-ethyl adjacent to an activating group) is 1. The Bertz CT molecular complexity index is 364. The fourth-order valence-corrected chi connectivity index (χ4v) is 2.47. The third-order valence-corrected chi connectivity index (χ3v) is 3.85. The van der Waals surface area contributed by atoms with Crippen molar-refractivity contribution in [1.29, 1.82) is 0 Å². The first-order valence-electron chi connectivity index (χ1n) is 7.78. The van der Waals surface area contributed by atoms with Gasteiger partial charge in [-0.15, -0.1) is 0 Å². The Morgan fingerprint density at radius 2 is 1.80 bits per heavy atom. The summed E-state index contributed by atoms with van der Waals surface area (Å²) >= 11 is 0. The van der Waals surface area contributed by atoms with Crippen molar-refractivity contribution in [3.8, 4) is 5.75 Å². The van der Waals surface area contributed by atoms with Crippen LogP contribution in [0.4, 0.5) is 0 Å². The van der Waals surface area contributed by atoms with E-state index in [2.05, 4.69) is 44.9 Å². The van der Waals surface area contributed by atoms with Crippen LogP contribution in [-0.4, -0.2) is 31.1 Å². The average molecular weight is 278 g/mol. The quantitative estimate of drug-likeness (QED) is 0.750. The van der Waals surface area contributed by atoms with E-state index in [1.54, 1.807) is 0 Å². The lowest BCUT2D eigenvalue weighted by Gasteiger charge is -2.32. The lowest BCUT2D eigenvalue weighted by atomic mass is 10.0. The third-order valence-electron chi connectivity index (χ3n) is 3.85. The first-order chi connectivity index (χ1) is 9.63. The van der Waals surface area contributed by atoms with Crippen LogP contribution in [0, 0.1) is 0 Å². The van der Waals surface area contributed by atoms with Gasteiger partial charge in [0.2, 0.25) is 0 Å². The van der Waals surface area contributed by atoms with Gasteiger partial charge in [0.05, 0.1) is 6.61 Å². The van der Waals surface area contributed by atoms with Gasteiger partial charge in [0.1, 0.15) is 5.75 Å². The van der Waals surface area contributed by atoms with Crippen molar-refractivity contribution in [1.82, 2.24) is 4.90 Å². The molecule has 20 heavy (non-hydrogen) atoms. The van der Waals surface area contributed by atoms with Gasteiger partial charge >= 0.3 is 0 Å². The topological polar surface area (TPSA) is 38.5 Å². The van der Waals surface area contributed by atoms with Gasteiger partial charge in [0.15, 0.2) is 0 Å². The molecule has 0 saturated heterocycles. The van der Waals surface area contributed by atoms with Crippen molar-refractivity contribution in [3.63, 3.8) is 0 Å². The maximum Gasteiger partial charge on any atom is 0.119 e. The zero-order chi connectivity index (χ0) is 15.0. The molecule has 3 nitrogen and oxygen atoms in total. The summed E-state index contributed by atoms with van der Waals surface area (Å²) in [6.45, 7) is 8.02. The molecule has 114 valence electrons. The molecule has 2 atom stereocenters. The number of benzene rings is 1. The van der Waals surface area contributed by atoms with Crippen molar-refractivity contribution < 1.29 is 4.74 Å². The molecule has 0 fully saturated rings. The minimum Gasteiger partial charge on any atom is -0.494 e. The van der Waals surface area contributed by atoms with Gasteiger partial charge in [0.25, 0.3) is 0 Å². The average Bonchev–Trinajstić information content (AvgIpc) is 2.47. The first kappa shape index (κ1) is 17.0. The zero-order valence-electron chi connectivity index (χ0n) is 13.4. The van der Waals surface area contributed by atoms with Gasteiger partial charge in [-0.2, -0.15) is 0 Å². The molecule has 0 bridgehead atoms. The van der Waals surface area contributed by atoms with E-state index in [0.717, 1.165) is 18.8 Å². The van der Waals surface area contributed by atoms with Gasteiger partial charge in [-0.1, -0.05) is 32.4 Å². The smallest absolute Gasteiger partial charge is 0.119 e. The lowest BCUT2D eigenvalue weighted by Crippen LogP contribution is -2.36. The predicted octanol–water partition coefficient (Wildman–Crippen LogP) is 3.60. The number of nitrogens with zero attached hydrogens (tertiary/aromatic N) is 1. The van der Waals surface area contributed by atoms with E-state index in [1.165, 1.54) is 18.4 Å². The summed E-state index contributed by atoms with van der Waals surface area (Å²) in [5, 5.41) is 0. The van der Waals surface area contributed by atoms with E-state index in [-0.39, 0.29) is 6.04 Å². The number of rotatable bonds is 9. The molecule has 0 spiro atoms. The second-order valence-corrected chi connectivity index (χ2v) is 5.47. The lowest BCUT2D eigenvalue weighted by molar-refractivity contribution is 0.179. The largest absolute Gasteiger partial charge is 0.494 e. The molecule has 1 aromatic rings. The second-order valence-electron chi connectivity index (χ2n) is 5.47. The number of ether oxygens (including phenoxy) is 1. The molecule has 2 unspecified atom stereocenters. The van der Waals surface area contributed by atoms with Crippen molar-refractivity contribution >= 4 is 0 Å². The van der Waals surface area contributed by atoms with Crippen molar-refractivity contribution in [2.45, 2.75) is 52.1 Å². The highest BCUT2D eigenvalue weighted by Gasteiger charge is 2.19. The molecule has 0 aromatic heterocycles. The van der Waals surface area contributed by atoms with Crippen LogP contribution in [0.25, 0.3) is 0 Å². The van der Waals surface area contributed by atoms with Gasteiger partial charge < -0.3 is 10.5 Å². The third kappa shape index (κ3) is 4.80. The Morgan fingerprint density at radius 3 is 2.30 bits per heavy atom. The van der Waals surface area contributed by atoms with Crippen LogP contribution in [0.15, 0.2) is 24.3 Å². The summed E-state index contributed by atoms with van der Waals surface area (Å²) in [7, 11) is 2.17. The molecule has 0 aliphatic rings. The monoisotopic (exact) mass is 278 g/mol. The van der Waals surface area contributed by atoms with Gasteiger partial charge in [-0.05, 0) is 44.5 Å². The van der Waals surface area contributed by atoms with E-state index >= 15 is 0 Å². The van der Waals surface area contributed by atoms with E-state index in [4.69, 9.17) is 10.5 Å². The fraction of sp³-hybridized carbons (Fsp3) is 0.647. The molecule has 0 amide bonds. The van der Waals surface area contributed by atoms with Crippen molar-refractivity contribution in [3.05, 3.63) is 29.8 Å². The van der Waals surface area contributed by atoms with Crippen LogP contribution < -0.4 is 10.5 Å². The molecule has 1 rings (SSSR count). The Balaban J connectivity index is 2.74. The van der Waals surface area contributed by atoms with Crippen molar-refractivity contribution in [2.24, 2.45) is 5.73 Å². The Morgan fingerprint density at radius 1 is 1.15 bits per heavy atom. The molecule has 2 N–H and O–H groups in total. The zero-order valence-corrected chi connectivity index (χ0v) is 13.4. The summed E-state index contributed by atoms with van der Waals surface area (Å²) < 4.78 is 5.63. The highest BCUT2D eigenvalue weighted by molar-refractivity contribution is 5.29. The summed E-state index contributed by atoms with van der Waals surface area (Å²) in [4.78, 5) is 2.38. The number of hydrogen-bond acceptors (Lipinski definition) is 3. The summed E-state index contributed by atoms with van der Waals surface area (Å²) in [6, 6.07) is 9.19. The second kappa shape index (κ2) is 8.98. The van der Waals surface area contributed by atoms with Crippen LogP contribution in [0.2, 0.25) is 0 Å². The Hall–Kier alpha value is -1.06. The molecular weight excluding hydrogens is 248 g/mol. The Labute approximate surface area is 124 Å². The molecule has 0 radical (unpaired) electrons. The van der Waals surface area contributed by atoms with Gasteiger partial charge in [-0.25, -0.2) is 0 Å². The molecule has 0 aliphatic heterocycles. The molecule has 1 aromatic carbocycles. The molecule has 3 heteroatoms. The normalized spacial score (nSPS) is 14.3. The predicted molar refractivity (Wildman–Crippen MR) is 86.2 cm³/mol. The molecule has 0 saturated carbocycles. The van der Waals surface area contributed by atoms with Crippen molar-refractivity contribution in [2.75, 3.05) is 20.2 Å². The van der Waals surface area contributed by atoms with Gasteiger partial charge in [-0.3, -0.25) is 4.90 Å². The number of nitrogens with two attached hydrogens (primary N) is 1. The summed E-state index contributed by atoms with van der Waals surface area (Å²) in [5.41, 5.74) is 7.25. The van der Waals surface area contributed by atoms with E-state index < -0.39 is 0 Å². The van der Waals surface area contributed by atoms with E-state index in [0.29, 0.717) is 12.6 Å². The van der Waals surface area contributed by atoms with Gasteiger partial charge in [0, 0.05) is 18.6 Å². The van der Waals surface area contributed by atoms with E-state index in [9.17, 15) is 0 Å². The minimum absolute atomic E-state index is 0.275.